The summed E-state index contributed by atoms with van der Waals surface area (Å²) in [6, 6.07) is 1.04. The number of carbonyl (C=O) groups is 2. The van der Waals surface area contributed by atoms with E-state index in [4.69, 9.17) is 5.11 Å². The minimum absolute atomic E-state index is 0.0988. The number of carboxylic acids is 1. The van der Waals surface area contributed by atoms with Gasteiger partial charge in [0, 0.05) is 16.8 Å². The first kappa shape index (κ1) is 17.2. The highest BCUT2D eigenvalue weighted by molar-refractivity contribution is 7.08. The Morgan fingerprint density at radius 1 is 1.35 bits per heavy atom. The Hall–Kier alpha value is -3.67. The molecule has 0 spiro atoms. The van der Waals surface area contributed by atoms with Crippen molar-refractivity contribution in [3.63, 3.8) is 0 Å². The number of urea groups is 1. The number of nitrogens with zero attached hydrogens (tertiary/aromatic N) is 2. The van der Waals surface area contributed by atoms with E-state index in [0.717, 1.165) is 0 Å². The second kappa shape index (κ2) is 7.06. The summed E-state index contributed by atoms with van der Waals surface area (Å²) in [7, 11) is 0. The highest BCUT2D eigenvalue weighted by Gasteiger charge is 2.19. The molecule has 3 rings (SSSR count). The standard InChI is InChI=1S/C14H11N5O6S/c20-10-9(13(22)23)17-11(18-12(10)21)7-4-26-5-8(7)16-14(24)15-3-6-1-2-25-19-6/h1-2,4-5,20H,3H2,(H,22,23)(H2,15,16,24)(H,17,18,21). The summed E-state index contributed by atoms with van der Waals surface area (Å²) in [6.45, 7) is 0.138. The zero-order valence-corrected chi connectivity index (χ0v) is 13.7. The largest absolute Gasteiger partial charge is 0.501 e. The molecule has 12 heteroatoms. The third-order valence-electron chi connectivity index (χ3n) is 3.18. The third kappa shape index (κ3) is 3.54. The summed E-state index contributed by atoms with van der Waals surface area (Å²) in [5, 5.41) is 30.4. The first-order chi connectivity index (χ1) is 12.5. The highest BCUT2D eigenvalue weighted by Crippen LogP contribution is 2.29. The van der Waals surface area contributed by atoms with Crippen molar-refractivity contribution in [2.24, 2.45) is 0 Å². The van der Waals surface area contributed by atoms with Crippen molar-refractivity contribution < 1.29 is 24.3 Å². The Labute approximate surface area is 148 Å². The van der Waals surface area contributed by atoms with Gasteiger partial charge in [0.15, 0.2) is 5.69 Å². The smallest absolute Gasteiger partial charge is 0.358 e. The van der Waals surface area contributed by atoms with Crippen LogP contribution in [0, 0.1) is 0 Å². The second-order valence-corrected chi connectivity index (χ2v) is 5.66. The molecule has 26 heavy (non-hydrogen) atoms. The molecule has 0 atom stereocenters. The summed E-state index contributed by atoms with van der Waals surface area (Å²) >= 11 is 1.20. The summed E-state index contributed by atoms with van der Waals surface area (Å²) in [5.74, 6) is -2.64. The van der Waals surface area contributed by atoms with Crippen molar-refractivity contribution in [1.29, 1.82) is 0 Å². The molecule has 0 aromatic carbocycles. The van der Waals surface area contributed by atoms with Gasteiger partial charge in [-0.1, -0.05) is 5.16 Å². The lowest BCUT2D eigenvalue weighted by atomic mass is 10.2. The van der Waals surface area contributed by atoms with Gasteiger partial charge >= 0.3 is 12.0 Å². The molecule has 5 N–H and O–H groups in total. The Morgan fingerprint density at radius 3 is 2.85 bits per heavy atom. The van der Waals surface area contributed by atoms with Gasteiger partial charge in [-0.05, 0) is 0 Å². The molecule has 11 nitrogen and oxygen atoms in total. The summed E-state index contributed by atoms with van der Waals surface area (Å²) < 4.78 is 4.65. The quantitative estimate of drug-likeness (QED) is 0.441. The number of aromatic carboxylic acids is 1. The van der Waals surface area contributed by atoms with Crippen LogP contribution in [0.2, 0.25) is 0 Å². The number of amides is 2. The summed E-state index contributed by atoms with van der Waals surface area (Å²) in [6.07, 6.45) is 1.37. The van der Waals surface area contributed by atoms with E-state index in [-0.39, 0.29) is 12.4 Å². The van der Waals surface area contributed by atoms with Gasteiger partial charge in [-0.15, -0.1) is 11.3 Å². The Morgan fingerprint density at radius 2 is 2.15 bits per heavy atom. The van der Waals surface area contributed by atoms with Crippen molar-refractivity contribution in [2.45, 2.75) is 6.54 Å². The minimum atomic E-state index is -1.55. The van der Waals surface area contributed by atoms with Crippen molar-refractivity contribution in [3.8, 4) is 17.1 Å². The van der Waals surface area contributed by atoms with Crippen molar-refractivity contribution >= 4 is 29.0 Å². The molecule has 134 valence electrons. The number of aromatic amines is 1. The van der Waals surface area contributed by atoms with Gasteiger partial charge in [0.25, 0.3) is 5.56 Å². The molecule has 3 heterocycles. The van der Waals surface area contributed by atoms with Gasteiger partial charge in [-0.25, -0.2) is 14.6 Å². The molecule has 3 aromatic heterocycles. The number of nitrogens with one attached hydrogen (secondary N) is 3. The molecular formula is C14H11N5O6S. The van der Waals surface area contributed by atoms with Gasteiger partial charge in [0.2, 0.25) is 5.75 Å². The summed E-state index contributed by atoms with van der Waals surface area (Å²) in [5.41, 5.74) is -0.651. The molecule has 2 amide bonds. The van der Waals surface area contributed by atoms with E-state index < -0.39 is 29.0 Å². The van der Waals surface area contributed by atoms with Crippen LogP contribution in [0.15, 0.2) is 32.4 Å². The molecule has 0 saturated carbocycles. The fraction of sp³-hybridized carbons (Fsp3) is 0.0714. The fourth-order valence-corrected chi connectivity index (χ4v) is 2.75. The topological polar surface area (TPSA) is 170 Å². The fourth-order valence-electron chi connectivity index (χ4n) is 1.99. The Kier molecular flexibility index (Phi) is 4.66. The Bertz CT molecular complexity index is 1010. The maximum absolute atomic E-state index is 12.0. The number of thiophene rings is 1. The SMILES string of the molecule is O=C(NCc1ccon1)Nc1cscc1-c1nc(C(=O)O)c(O)c(=O)[nH]1. The van der Waals surface area contributed by atoms with Crippen LogP contribution in [-0.4, -0.2) is 37.3 Å². The van der Waals surface area contributed by atoms with Crippen LogP contribution < -0.4 is 16.2 Å². The zero-order valence-electron chi connectivity index (χ0n) is 12.8. The first-order valence-electron chi connectivity index (χ1n) is 7.03. The second-order valence-electron chi connectivity index (χ2n) is 4.91. The molecular weight excluding hydrogens is 366 g/mol. The van der Waals surface area contributed by atoms with E-state index in [2.05, 4.69) is 30.3 Å². The molecule has 0 aliphatic carbocycles. The number of aromatic hydroxyl groups is 1. The summed E-state index contributed by atoms with van der Waals surface area (Å²) in [4.78, 5) is 40.8. The van der Waals surface area contributed by atoms with E-state index in [0.29, 0.717) is 16.9 Å². The molecule has 0 unspecified atom stereocenters. The zero-order chi connectivity index (χ0) is 18.7. The van der Waals surface area contributed by atoms with Gasteiger partial charge in [0.05, 0.1) is 17.8 Å². The molecule has 0 saturated heterocycles. The predicted octanol–water partition coefficient (Wildman–Crippen LogP) is 1.21. The number of carboxylic acid groups (broad SMARTS) is 1. The van der Waals surface area contributed by atoms with Crippen molar-refractivity contribution in [2.75, 3.05) is 5.32 Å². The highest BCUT2D eigenvalue weighted by atomic mass is 32.1. The van der Waals surface area contributed by atoms with Crippen LogP contribution in [0.3, 0.4) is 0 Å². The maximum Gasteiger partial charge on any atom is 0.358 e. The molecule has 0 aliphatic rings. The molecule has 0 bridgehead atoms. The molecule has 0 radical (unpaired) electrons. The molecule has 3 aromatic rings. The van der Waals surface area contributed by atoms with Crippen LogP contribution in [0.1, 0.15) is 16.2 Å². The third-order valence-corrected chi connectivity index (χ3v) is 3.93. The lowest BCUT2D eigenvalue weighted by molar-refractivity contribution is 0.0686. The number of anilines is 1. The number of rotatable bonds is 5. The van der Waals surface area contributed by atoms with E-state index in [1.165, 1.54) is 17.6 Å². The van der Waals surface area contributed by atoms with E-state index in [1.807, 2.05) is 0 Å². The lowest BCUT2D eigenvalue weighted by Gasteiger charge is -2.08. The number of H-pyrrole nitrogens is 1. The average molecular weight is 377 g/mol. The van der Waals surface area contributed by atoms with Gasteiger partial charge < -0.3 is 30.4 Å². The number of carbonyl (C=O) groups excluding carboxylic acids is 1. The van der Waals surface area contributed by atoms with Gasteiger partial charge in [-0.3, -0.25) is 4.79 Å². The number of hydrogen-bond acceptors (Lipinski definition) is 8. The van der Waals surface area contributed by atoms with E-state index in [9.17, 15) is 19.5 Å². The maximum atomic E-state index is 12.0. The lowest BCUT2D eigenvalue weighted by Crippen LogP contribution is -2.28. The van der Waals surface area contributed by atoms with Crippen LogP contribution in [0.5, 0.6) is 5.75 Å². The first-order valence-corrected chi connectivity index (χ1v) is 7.97. The minimum Gasteiger partial charge on any atom is -0.501 e. The monoisotopic (exact) mass is 377 g/mol. The predicted molar refractivity (Wildman–Crippen MR) is 89.2 cm³/mol. The molecule has 0 fully saturated rings. The van der Waals surface area contributed by atoms with E-state index >= 15 is 0 Å². The van der Waals surface area contributed by atoms with Crippen LogP contribution in [0.4, 0.5) is 10.5 Å². The number of hydrogen-bond donors (Lipinski definition) is 5. The molecule has 0 aliphatic heterocycles. The normalized spacial score (nSPS) is 10.5. The van der Waals surface area contributed by atoms with Crippen molar-refractivity contribution in [3.05, 3.63) is 44.8 Å². The average Bonchev–Trinajstić information content (AvgIpc) is 3.26. The van der Waals surface area contributed by atoms with Crippen LogP contribution in [-0.2, 0) is 6.54 Å². The van der Waals surface area contributed by atoms with E-state index in [1.54, 1.807) is 16.8 Å². The van der Waals surface area contributed by atoms with Crippen LogP contribution >= 0.6 is 11.3 Å². The Balaban J connectivity index is 1.81. The number of aromatic nitrogens is 3. The van der Waals surface area contributed by atoms with Crippen LogP contribution in [0.25, 0.3) is 11.4 Å². The van der Waals surface area contributed by atoms with Crippen molar-refractivity contribution in [1.82, 2.24) is 20.4 Å². The van der Waals surface area contributed by atoms with Gasteiger partial charge in [-0.2, -0.15) is 0 Å². The van der Waals surface area contributed by atoms with Gasteiger partial charge in [0.1, 0.15) is 17.8 Å².